The molecule has 0 bridgehead atoms. The van der Waals surface area contributed by atoms with E-state index in [-0.39, 0.29) is 17.8 Å². The number of pyridine rings is 1. The number of fused-ring (bicyclic) bond motifs is 1. The average molecular weight is 413 g/mol. The van der Waals surface area contributed by atoms with Gasteiger partial charge in [-0.1, -0.05) is 23.4 Å². The smallest absolute Gasteiger partial charge is 0.276 e. The fraction of sp³-hybridized carbons (Fsp3) is 0.0435. The van der Waals surface area contributed by atoms with Gasteiger partial charge in [-0.25, -0.2) is 0 Å². The van der Waals surface area contributed by atoms with Gasteiger partial charge < -0.3 is 18.8 Å². The van der Waals surface area contributed by atoms with Gasteiger partial charge in [-0.2, -0.15) is 4.98 Å². The molecule has 3 heterocycles. The van der Waals surface area contributed by atoms with E-state index < -0.39 is 0 Å². The predicted octanol–water partition coefficient (Wildman–Crippen LogP) is 4.19. The first-order valence-corrected chi connectivity index (χ1v) is 9.39. The molecule has 0 saturated carbocycles. The zero-order chi connectivity index (χ0) is 21.2. The molecule has 152 valence electrons. The maximum Gasteiger partial charge on any atom is 0.276 e. The van der Waals surface area contributed by atoms with Gasteiger partial charge in [-0.05, 0) is 42.0 Å². The molecule has 5 rings (SSSR count). The van der Waals surface area contributed by atoms with E-state index in [1.807, 2.05) is 6.07 Å². The van der Waals surface area contributed by atoms with Gasteiger partial charge in [0.15, 0.2) is 12.0 Å². The minimum absolute atomic E-state index is 0.0810. The van der Waals surface area contributed by atoms with Crippen LogP contribution in [0.3, 0.4) is 0 Å². The van der Waals surface area contributed by atoms with Crippen molar-refractivity contribution in [2.75, 3.05) is 0 Å². The van der Waals surface area contributed by atoms with Gasteiger partial charge in [-0.3, -0.25) is 9.78 Å². The van der Waals surface area contributed by atoms with Crippen molar-refractivity contribution in [1.29, 1.82) is 0 Å². The molecule has 0 aliphatic heterocycles. The Morgan fingerprint density at radius 1 is 1.03 bits per heavy atom. The largest absolute Gasteiger partial charge is 0.508 e. The van der Waals surface area contributed by atoms with Gasteiger partial charge in [0, 0.05) is 12.3 Å². The first-order chi connectivity index (χ1) is 15.2. The van der Waals surface area contributed by atoms with Crippen molar-refractivity contribution < 1.29 is 18.8 Å². The lowest BCUT2D eigenvalue weighted by molar-refractivity contribution is 0.287. The summed E-state index contributed by atoms with van der Waals surface area (Å²) >= 11 is 0. The number of ether oxygens (including phenoxy) is 1. The minimum atomic E-state index is -0.170. The second-order valence-electron chi connectivity index (χ2n) is 6.70. The quantitative estimate of drug-likeness (QED) is 0.457. The monoisotopic (exact) mass is 413 g/mol. The van der Waals surface area contributed by atoms with Crippen LogP contribution in [0.2, 0.25) is 0 Å². The number of benzene rings is 2. The van der Waals surface area contributed by atoms with E-state index >= 15 is 0 Å². The van der Waals surface area contributed by atoms with Crippen LogP contribution in [0.15, 0.2) is 86.9 Å². The van der Waals surface area contributed by atoms with Crippen LogP contribution >= 0.6 is 0 Å². The van der Waals surface area contributed by atoms with Gasteiger partial charge in [0.2, 0.25) is 5.82 Å². The van der Waals surface area contributed by atoms with Crippen LogP contribution in [0.25, 0.3) is 33.7 Å². The van der Waals surface area contributed by atoms with Gasteiger partial charge in [0.05, 0.1) is 10.9 Å². The molecule has 2 aromatic carbocycles. The van der Waals surface area contributed by atoms with Crippen molar-refractivity contribution in [1.82, 2.24) is 15.1 Å². The fourth-order valence-electron chi connectivity index (χ4n) is 3.09. The molecule has 0 fully saturated rings. The molecule has 0 spiro atoms. The zero-order valence-corrected chi connectivity index (χ0v) is 16.1. The molecule has 0 saturated heterocycles. The molecule has 8 nitrogen and oxygen atoms in total. The lowest BCUT2D eigenvalue weighted by atomic mass is 10.1. The molecule has 1 N–H and O–H groups in total. The van der Waals surface area contributed by atoms with Crippen LogP contribution in [0.1, 0.15) is 5.82 Å². The maximum atomic E-state index is 12.8. The Kier molecular flexibility index (Phi) is 4.64. The first-order valence-electron chi connectivity index (χ1n) is 9.39. The van der Waals surface area contributed by atoms with Crippen molar-refractivity contribution in [2.24, 2.45) is 0 Å². The summed E-state index contributed by atoms with van der Waals surface area (Å²) in [5.41, 5.74) is 1.88. The van der Waals surface area contributed by atoms with Gasteiger partial charge in [-0.15, -0.1) is 0 Å². The molecule has 0 atom stereocenters. The molecule has 0 unspecified atom stereocenters. The van der Waals surface area contributed by atoms with Crippen molar-refractivity contribution in [3.05, 3.63) is 89.2 Å². The topological polar surface area (TPSA) is 111 Å². The maximum absolute atomic E-state index is 12.8. The Bertz CT molecular complexity index is 1410. The van der Waals surface area contributed by atoms with Crippen molar-refractivity contribution in [3.8, 4) is 34.2 Å². The van der Waals surface area contributed by atoms with E-state index in [4.69, 9.17) is 13.7 Å². The second-order valence-corrected chi connectivity index (χ2v) is 6.70. The van der Waals surface area contributed by atoms with E-state index in [1.54, 1.807) is 48.7 Å². The third-order valence-electron chi connectivity index (χ3n) is 4.64. The summed E-state index contributed by atoms with van der Waals surface area (Å²) < 4.78 is 16.6. The lowest BCUT2D eigenvalue weighted by Crippen LogP contribution is -2.05. The number of phenolic OH excluding ortho intramolecular Hbond substituents is 1. The summed E-state index contributed by atoms with van der Waals surface area (Å²) in [4.78, 5) is 21.3. The van der Waals surface area contributed by atoms with Crippen molar-refractivity contribution in [2.45, 2.75) is 6.61 Å². The number of hydrogen-bond acceptors (Lipinski definition) is 8. The minimum Gasteiger partial charge on any atom is -0.508 e. The van der Waals surface area contributed by atoms with E-state index in [0.29, 0.717) is 45.3 Å². The Morgan fingerprint density at radius 3 is 2.71 bits per heavy atom. The molecule has 0 aliphatic carbocycles. The molecule has 31 heavy (non-hydrogen) atoms. The van der Waals surface area contributed by atoms with Gasteiger partial charge in [0.1, 0.15) is 29.0 Å². The van der Waals surface area contributed by atoms with E-state index in [0.717, 1.165) is 0 Å². The van der Waals surface area contributed by atoms with Crippen LogP contribution in [0, 0.1) is 0 Å². The second kappa shape index (κ2) is 7.75. The highest BCUT2D eigenvalue weighted by atomic mass is 16.5. The van der Waals surface area contributed by atoms with Crippen LogP contribution in [0.5, 0.6) is 11.5 Å². The zero-order valence-electron chi connectivity index (χ0n) is 16.1. The normalized spacial score (nSPS) is 11.0. The van der Waals surface area contributed by atoms with Crippen molar-refractivity contribution in [3.63, 3.8) is 0 Å². The van der Waals surface area contributed by atoms with Gasteiger partial charge in [0.25, 0.3) is 5.89 Å². The summed E-state index contributed by atoms with van der Waals surface area (Å²) in [5, 5.41) is 13.8. The van der Waals surface area contributed by atoms with Crippen molar-refractivity contribution >= 4 is 11.0 Å². The molecule has 8 heteroatoms. The highest BCUT2D eigenvalue weighted by Gasteiger charge is 2.12. The highest BCUT2D eigenvalue weighted by molar-refractivity contribution is 5.82. The summed E-state index contributed by atoms with van der Waals surface area (Å²) in [6.07, 6.45) is 3.05. The fourth-order valence-corrected chi connectivity index (χ4v) is 3.09. The summed E-state index contributed by atoms with van der Waals surface area (Å²) in [6, 6.07) is 16.7. The summed E-state index contributed by atoms with van der Waals surface area (Å²) in [7, 11) is 0. The standard InChI is InChI=1S/C23H15N3O5/c27-15-6-4-14(5-7-15)18-12-30-20-11-16(8-9-17(20)22(18)28)29-13-21-25-23(31-26-21)19-3-1-2-10-24-19/h1-12,27H,13H2. The first kappa shape index (κ1) is 18.6. The summed E-state index contributed by atoms with van der Waals surface area (Å²) in [5.74, 6) is 1.30. The number of aromatic nitrogens is 3. The molecular weight excluding hydrogens is 398 g/mol. The average Bonchev–Trinajstić information content (AvgIpc) is 3.28. The van der Waals surface area contributed by atoms with Crippen LogP contribution in [0.4, 0.5) is 0 Å². The van der Waals surface area contributed by atoms with Crippen LogP contribution in [-0.4, -0.2) is 20.2 Å². The van der Waals surface area contributed by atoms with Gasteiger partial charge >= 0.3 is 0 Å². The van der Waals surface area contributed by atoms with E-state index in [2.05, 4.69) is 15.1 Å². The molecule has 0 radical (unpaired) electrons. The van der Waals surface area contributed by atoms with Crippen LogP contribution < -0.4 is 10.2 Å². The number of hydrogen-bond donors (Lipinski definition) is 1. The third-order valence-corrected chi connectivity index (χ3v) is 4.64. The Morgan fingerprint density at radius 2 is 1.90 bits per heavy atom. The summed E-state index contributed by atoms with van der Waals surface area (Å²) in [6.45, 7) is 0.0810. The Hall–Kier alpha value is -4.46. The Balaban J connectivity index is 1.36. The number of aromatic hydroxyl groups is 1. The Labute approximate surface area is 175 Å². The van der Waals surface area contributed by atoms with E-state index in [9.17, 15) is 9.90 Å². The molecule has 5 aromatic rings. The molecule has 3 aromatic heterocycles. The lowest BCUT2D eigenvalue weighted by Gasteiger charge is -2.06. The molecule has 0 aliphatic rings. The number of rotatable bonds is 5. The number of nitrogens with zero attached hydrogens (tertiary/aromatic N) is 3. The molecular formula is C23H15N3O5. The van der Waals surface area contributed by atoms with E-state index in [1.165, 1.54) is 18.4 Å². The SMILES string of the molecule is O=c1c(-c2ccc(O)cc2)coc2cc(OCc3noc(-c4ccccn4)n3)ccc12. The third kappa shape index (κ3) is 3.74. The van der Waals surface area contributed by atoms with Crippen LogP contribution in [-0.2, 0) is 6.61 Å². The number of phenols is 1. The molecule has 0 amide bonds. The predicted molar refractivity (Wildman–Crippen MR) is 111 cm³/mol. The highest BCUT2D eigenvalue weighted by Crippen LogP contribution is 2.25.